The minimum Gasteiger partial charge on any atom is -0.369 e. The van der Waals surface area contributed by atoms with Crippen LogP contribution < -0.4 is 11.3 Å². The maximum atomic E-state index is 11.5. The third-order valence-electron chi connectivity index (χ3n) is 2.93. The number of aromatic nitrogens is 2. The van der Waals surface area contributed by atoms with Gasteiger partial charge in [0.25, 0.3) is 5.56 Å². The minimum absolute atomic E-state index is 0.0596. The van der Waals surface area contributed by atoms with Gasteiger partial charge >= 0.3 is 0 Å². The number of anilines is 1. The molecule has 0 aromatic carbocycles. The summed E-state index contributed by atoms with van der Waals surface area (Å²) in [5.41, 5.74) is 7.22. The molecule has 0 bridgehead atoms. The molecule has 2 rings (SSSR count). The molecule has 0 radical (unpaired) electrons. The lowest BCUT2D eigenvalue weighted by atomic mass is 9.94. The van der Waals surface area contributed by atoms with Gasteiger partial charge in [-0.3, -0.25) is 9.78 Å². The molecule has 14 heavy (non-hydrogen) atoms. The van der Waals surface area contributed by atoms with E-state index < -0.39 is 0 Å². The number of nitrogen functional groups attached to an aromatic ring is 1. The first kappa shape index (κ1) is 9.24. The van der Waals surface area contributed by atoms with Gasteiger partial charge < -0.3 is 5.73 Å². The van der Waals surface area contributed by atoms with Crippen molar-refractivity contribution in [2.75, 3.05) is 5.73 Å². The molecule has 0 fully saturated rings. The maximum absolute atomic E-state index is 11.5. The Labute approximate surface area is 82.6 Å². The standard InChI is InChI=1S/C10H15N3O/c1-5(2)6-3-4-7-8(6)12-10(11)13-9(7)14/h5-6H,3-4H2,1-2H3,(H3,11,12,13,14). The van der Waals surface area contributed by atoms with E-state index in [1.54, 1.807) is 0 Å². The molecule has 1 aromatic rings. The molecule has 0 amide bonds. The second-order valence-corrected chi connectivity index (χ2v) is 4.20. The zero-order chi connectivity index (χ0) is 10.3. The number of hydrogen-bond acceptors (Lipinski definition) is 3. The summed E-state index contributed by atoms with van der Waals surface area (Å²) in [6.07, 6.45) is 1.85. The van der Waals surface area contributed by atoms with Crippen LogP contribution in [0, 0.1) is 5.92 Å². The fourth-order valence-electron chi connectivity index (χ4n) is 2.17. The molecule has 1 aromatic heterocycles. The Kier molecular flexibility index (Phi) is 2.06. The second-order valence-electron chi connectivity index (χ2n) is 4.20. The number of fused-ring (bicyclic) bond motifs is 1. The van der Waals surface area contributed by atoms with E-state index in [9.17, 15) is 4.79 Å². The summed E-state index contributed by atoms with van der Waals surface area (Å²) in [5, 5.41) is 0. The first-order valence-corrected chi connectivity index (χ1v) is 4.98. The van der Waals surface area contributed by atoms with Crippen LogP contribution in [0.2, 0.25) is 0 Å². The van der Waals surface area contributed by atoms with E-state index >= 15 is 0 Å². The van der Waals surface area contributed by atoms with Gasteiger partial charge in [0, 0.05) is 11.5 Å². The van der Waals surface area contributed by atoms with Crippen LogP contribution in [-0.4, -0.2) is 9.97 Å². The number of nitrogens with zero attached hydrogens (tertiary/aromatic N) is 1. The van der Waals surface area contributed by atoms with Crippen LogP contribution >= 0.6 is 0 Å². The smallest absolute Gasteiger partial charge is 0.255 e. The Morgan fingerprint density at radius 1 is 1.57 bits per heavy atom. The summed E-state index contributed by atoms with van der Waals surface area (Å²) in [6.45, 7) is 4.30. The molecule has 76 valence electrons. The highest BCUT2D eigenvalue weighted by atomic mass is 16.1. The monoisotopic (exact) mass is 193 g/mol. The van der Waals surface area contributed by atoms with Crippen LogP contribution in [0.15, 0.2) is 4.79 Å². The van der Waals surface area contributed by atoms with Crippen LogP contribution in [0.4, 0.5) is 5.95 Å². The van der Waals surface area contributed by atoms with Gasteiger partial charge in [-0.25, -0.2) is 4.98 Å². The van der Waals surface area contributed by atoms with Crippen molar-refractivity contribution in [3.05, 3.63) is 21.6 Å². The Bertz CT molecular complexity index is 408. The van der Waals surface area contributed by atoms with Gasteiger partial charge in [-0.05, 0) is 18.8 Å². The predicted molar refractivity (Wildman–Crippen MR) is 55.2 cm³/mol. The van der Waals surface area contributed by atoms with Gasteiger partial charge in [0.05, 0.1) is 5.69 Å². The lowest BCUT2D eigenvalue weighted by Gasteiger charge is -2.14. The second kappa shape index (κ2) is 3.12. The van der Waals surface area contributed by atoms with Crippen molar-refractivity contribution < 1.29 is 0 Å². The van der Waals surface area contributed by atoms with E-state index in [0.29, 0.717) is 11.8 Å². The van der Waals surface area contributed by atoms with E-state index in [-0.39, 0.29) is 11.5 Å². The van der Waals surface area contributed by atoms with Crippen LogP contribution in [0.25, 0.3) is 0 Å². The molecule has 0 saturated heterocycles. The first-order chi connectivity index (χ1) is 6.59. The number of rotatable bonds is 1. The highest BCUT2D eigenvalue weighted by Gasteiger charge is 2.28. The van der Waals surface area contributed by atoms with Crippen LogP contribution in [0.5, 0.6) is 0 Å². The van der Waals surface area contributed by atoms with Gasteiger partial charge in [-0.15, -0.1) is 0 Å². The number of nitrogens with one attached hydrogen (secondary N) is 1. The predicted octanol–water partition coefficient (Wildman–Crippen LogP) is 1.04. The zero-order valence-electron chi connectivity index (χ0n) is 8.50. The fraction of sp³-hybridized carbons (Fsp3) is 0.600. The highest BCUT2D eigenvalue weighted by molar-refractivity contribution is 5.32. The largest absolute Gasteiger partial charge is 0.369 e. The van der Waals surface area contributed by atoms with Gasteiger partial charge in [-0.2, -0.15) is 0 Å². The van der Waals surface area contributed by atoms with Gasteiger partial charge in [-0.1, -0.05) is 13.8 Å². The van der Waals surface area contributed by atoms with E-state index in [2.05, 4.69) is 23.8 Å². The molecule has 4 nitrogen and oxygen atoms in total. The summed E-state index contributed by atoms with van der Waals surface area (Å²) >= 11 is 0. The number of H-pyrrole nitrogens is 1. The first-order valence-electron chi connectivity index (χ1n) is 4.98. The van der Waals surface area contributed by atoms with Crippen LogP contribution in [0.3, 0.4) is 0 Å². The van der Waals surface area contributed by atoms with Gasteiger partial charge in [0.1, 0.15) is 0 Å². The fourth-order valence-corrected chi connectivity index (χ4v) is 2.17. The maximum Gasteiger partial charge on any atom is 0.255 e. The Hall–Kier alpha value is -1.32. The van der Waals surface area contributed by atoms with Crippen molar-refractivity contribution >= 4 is 5.95 Å². The molecule has 1 aliphatic rings. The molecule has 1 heterocycles. The topological polar surface area (TPSA) is 71.8 Å². The average Bonchev–Trinajstić information content (AvgIpc) is 2.47. The zero-order valence-corrected chi connectivity index (χ0v) is 8.50. The Balaban J connectivity index is 2.54. The lowest BCUT2D eigenvalue weighted by Crippen LogP contribution is -2.17. The molecule has 0 spiro atoms. The average molecular weight is 193 g/mol. The van der Waals surface area contributed by atoms with Crippen molar-refractivity contribution in [1.29, 1.82) is 0 Å². The molecule has 1 atom stereocenters. The van der Waals surface area contributed by atoms with Gasteiger partial charge in [0.15, 0.2) is 0 Å². The third-order valence-corrected chi connectivity index (χ3v) is 2.93. The normalized spacial score (nSPS) is 20.1. The molecule has 0 saturated carbocycles. The van der Waals surface area contributed by atoms with E-state index in [4.69, 9.17) is 5.73 Å². The lowest BCUT2D eigenvalue weighted by molar-refractivity contribution is 0.487. The summed E-state index contributed by atoms with van der Waals surface area (Å²) < 4.78 is 0. The van der Waals surface area contributed by atoms with Gasteiger partial charge in [0.2, 0.25) is 5.95 Å². The number of nitrogens with two attached hydrogens (primary N) is 1. The number of aromatic amines is 1. The molecule has 0 aliphatic heterocycles. The molecular weight excluding hydrogens is 178 g/mol. The minimum atomic E-state index is -0.0596. The Morgan fingerprint density at radius 3 is 2.93 bits per heavy atom. The van der Waals surface area contributed by atoms with Crippen molar-refractivity contribution in [3.63, 3.8) is 0 Å². The molecule has 1 aliphatic carbocycles. The molecule has 1 unspecified atom stereocenters. The van der Waals surface area contributed by atoms with Crippen molar-refractivity contribution in [2.45, 2.75) is 32.6 Å². The van der Waals surface area contributed by atoms with E-state index in [1.807, 2.05) is 0 Å². The molecule has 4 heteroatoms. The molecular formula is C10H15N3O. The summed E-state index contributed by atoms with van der Waals surface area (Å²) in [6, 6.07) is 0. The highest BCUT2D eigenvalue weighted by Crippen LogP contribution is 2.35. The van der Waals surface area contributed by atoms with E-state index in [0.717, 1.165) is 24.1 Å². The number of hydrogen-bond donors (Lipinski definition) is 2. The van der Waals surface area contributed by atoms with E-state index in [1.165, 1.54) is 0 Å². The quantitative estimate of drug-likeness (QED) is 0.700. The molecule has 3 N–H and O–H groups in total. The van der Waals surface area contributed by atoms with Crippen molar-refractivity contribution in [3.8, 4) is 0 Å². The van der Waals surface area contributed by atoms with Crippen LogP contribution in [-0.2, 0) is 6.42 Å². The van der Waals surface area contributed by atoms with Crippen LogP contribution in [0.1, 0.15) is 37.4 Å². The SMILES string of the molecule is CC(C)C1CCc2c1nc(N)[nH]c2=O. The Morgan fingerprint density at radius 2 is 2.29 bits per heavy atom. The summed E-state index contributed by atoms with van der Waals surface area (Å²) in [4.78, 5) is 18.3. The van der Waals surface area contributed by atoms with Crippen molar-refractivity contribution in [1.82, 2.24) is 9.97 Å². The summed E-state index contributed by atoms with van der Waals surface area (Å²) in [5.74, 6) is 1.15. The summed E-state index contributed by atoms with van der Waals surface area (Å²) in [7, 11) is 0. The third kappa shape index (κ3) is 1.31. The van der Waals surface area contributed by atoms with Crippen molar-refractivity contribution in [2.24, 2.45) is 5.92 Å².